The van der Waals surface area contributed by atoms with Crippen LogP contribution in [0.1, 0.15) is 69.2 Å². The van der Waals surface area contributed by atoms with Gasteiger partial charge in [0.05, 0.1) is 12.6 Å². The van der Waals surface area contributed by atoms with Crippen LogP contribution in [0.25, 0.3) is 0 Å². The van der Waals surface area contributed by atoms with E-state index in [4.69, 9.17) is 9.47 Å². The van der Waals surface area contributed by atoms with Crippen molar-refractivity contribution in [2.45, 2.75) is 64.7 Å². The molecule has 1 saturated carbocycles. The summed E-state index contributed by atoms with van der Waals surface area (Å²) in [7, 11) is 0. The second-order valence-electron chi connectivity index (χ2n) is 13.3. The minimum Gasteiger partial charge on any atom is -0.444 e. The first-order valence-electron chi connectivity index (χ1n) is 16.2. The molecular formula is C40H38N4O4. The highest BCUT2D eigenvalue weighted by Crippen LogP contribution is 2.40. The molecule has 0 spiro atoms. The molecular weight excluding hydrogens is 600 g/mol. The summed E-state index contributed by atoms with van der Waals surface area (Å²) in [5.74, 6) is 13.6. The topological polar surface area (TPSA) is 84.9 Å². The predicted octanol–water partition coefficient (Wildman–Crippen LogP) is 7.60. The van der Waals surface area contributed by atoms with Crippen LogP contribution in [0.15, 0.2) is 97.3 Å². The molecule has 2 saturated heterocycles. The lowest BCUT2D eigenvalue weighted by Gasteiger charge is -2.35. The van der Waals surface area contributed by atoms with Crippen LogP contribution in [-0.4, -0.2) is 46.4 Å². The molecule has 48 heavy (non-hydrogen) atoms. The molecule has 3 unspecified atom stereocenters. The highest BCUT2D eigenvalue weighted by molar-refractivity contribution is 5.90. The van der Waals surface area contributed by atoms with Gasteiger partial charge in [0.25, 0.3) is 0 Å². The lowest BCUT2D eigenvalue weighted by Crippen LogP contribution is -2.43. The van der Waals surface area contributed by atoms with Crippen LogP contribution in [0.4, 0.5) is 21.2 Å². The van der Waals surface area contributed by atoms with E-state index in [0.717, 1.165) is 41.5 Å². The summed E-state index contributed by atoms with van der Waals surface area (Å²) in [6.07, 6.45) is 5.82. The van der Waals surface area contributed by atoms with E-state index in [-0.39, 0.29) is 29.7 Å². The minimum absolute atomic E-state index is 0.0295. The zero-order valence-electron chi connectivity index (χ0n) is 27.6. The Morgan fingerprint density at radius 1 is 0.708 bits per heavy atom. The van der Waals surface area contributed by atoms with Gasteiger partial charge in [0, 0.05) is 40.1 Å². The van der Waals surface area contributed by atoms with Gasteiger partial charge in [-0.3, -0.25) is 9.80 Å². The van der Waals surface area contributed by atoms with Gasteiger partial charge in [0.2, 0.25) is 0 Å². The Bertz CT molecular complexity index is 1880. The van der Waals surface area contributed by atoms with Crippen molar-refractivity contribution in [1.82, 2.24) is 9.97 Å². The third-order valence-corrected chi connectivity index (χ3v) is 9.05. The van der Waals surface area contributed by atoms with Gasteiger partial charge in [-0.2, -0.15) is 0 Å². The molecule has 3 aliphatic rings. The van der Waals surface area contributed by atoms with Crippen LogP contribution >= 0.6 is 0 Å². The number of benzene rings is 2. The lowest BCUT2D eigenvalue weighted by molar-refractivity contribution is -0.0152. The van der Waals surface area contributed by atoms with E-state index in [0.29, 0.717) is 18.2 Å². The average molecular weight is 639 g/mol. The number of aromatic nitrogens is 2. The maximum atomic E-state index is 12.3. The molecule has 2 aliphatic heterocycles. The van der Waals surface area contributed by atoms with Gasteiger partial charge < -0.3 is 9.47 Å². The molecule has 0 radical (unpaired) electrons. The first-order valence-corrected chi connectivity index (χ1v) is 16.2. The largest absolute Gasteiger partial charge is 0.444 e. The molecule has 2 aromatic carbocycles. The number of fused-ring (bicyclic) bond motifs is 1. The zero-order valence-corrected chi connectivity index (χ0v) is 27.6. The molecule has 8 nitrogen and oxygen atoms in total. The third kappa shape index (κ3) is 7.19. The summed E-state index contributed by atoms with van der Waals surface area (Å²) in [5, 5.41) is 0. The summed E-state index contributed by atoms with van der Waals surface area (Å²) < 4.78 is 11.0. The van der Waals surface area contributed by atoms with Gasteiger partial charge >= 0.3 is 12.2 Å². The van der Waals surface area contributed by atoms with Crippen LogP contribution in [0.3, 0.4) is 0 Å². The second kappa shape index (κ2) is 13.6. The number of cyclic esters (lactones) is 1. The van der Waals surface area contributed by atoms with Crippen molar-refractivity contribution in [2.24, 2.45) is 5.41 Å². The second-order valence-corrected chi connectivity index (χ2v) is 13.3. The van der Waals surface area contributed by atoms with E-state index in [1.54, 1.807) is 22.2 Å². The van der Waals surface area contributed by atoms with E-state index in [1.807, 2.05) is 91.9 Å². The van der Waals surface area contributed by atoms with Gasteiger partial charge in [0.1, 0.15) is 23.3 Å². The van der Waals surface area contributed by atoms with Crippen molar-refractivity contribution < 1.29 is 19.1 Å². The number of hydrogen-bond acceptors (Lipinski definition) is 6. The van der Waals surface area contributed by atoms with E-state index >= 15 is 0 Å². The Labute approximate surface area is 282 Å². The third-order valence-electron chi connectivity index (χ3n) is 9.05. The van der Waals surface area contributed by atoms with Crippen LogP contribution < -0.4 is 9.80 Å². The smallest absolute Gasteiger partial charge is 0.416 e. The van der Waals surface area contributed by atoms with Crippen molar-refractivity contribution in [3.8, 4) is 23.7 Å². The van der Waals surface area contributed by atoms with Crippen LogP contribution in [-0.2, 0) is 9.47 Å². The van der Waals surface area contributed by atoms with Crippen molar-refractivity contribution in [1.29, 1.82) is 0 Å². The van der Waals surface area contributed by atoms with Gasteiger partial charge in [-0.05, 0) is 74.7 Å². The van der Waals surface area contributed by atoms with E-state index < -0.39 is 5.60 Å². The summed E-state index contributed by atoms with van der Waals surface area (Å²) >= 11 is 0. The molecule has 242 valence electrons. The van der Waals surface area contributed by atoms with Gasteiger partial charge in [0.15, 0.2) is 0 Å². The normalized spacial score (nSPS) is 21.1. The first kappa shape index (κ1) is 32.3. The van der Waals surface area contributed by atoms with Gasteiger partial charge in [-0.15, -0.1) is 0 Å². The molecule has 4 heterocycles. The number of carbonyl (C=O) groups is 2. The quantitative estimate of drug-likeness (QED) is 0.210. The van der Waals surface area contributed by atoms with Crippen LogP contribution in [0.2, 0.25) is 0 Å². The maximum Gasteiger partial charge on any atom is 0.416 e. The molecule has 3 fully saturated rings. The van der Waals surface area contributed by atoms with E-state index in [2.05, 4.69) is 54.4 Å². The number of hydrogen-bond donors (Lipinski definition) is 0. The Balaban J connectivity index is 0.000000168. The molecule has 0 N–H and O–H groups in total. The molecule has 2 aromatic heterocycles. The Hall–Kier alpha value is -5.60. The van der Waals surface area contributed by atoms with E-state index in [9.17, 15) is 9.59 Å². The Kier molecular flexibility index (Phi) is 9.19. The number of rotatable bonds is 2. The monoisotopic (exact) mass is 638 g/mol. The Morgan fingerprint density at radius 2 is 1.25 bits per heavy atom. The van der Waals surface area contributed by atoms with Crippen molar-refractivity contribution >= 4 is 23.8 Å². The summed E-state index contributed by atoms with van der Waals surface area (Å²) in [5.41, 5.74) is 2.85. The minimum atomic E-state index is -0.544. The fourth-order valence-corrected chi connectivity index (χ4v) is 5.69. The number of pyridine rings is 2. The van der Waals surface area contributed by atoms with E-state index in [1.165, 1.54) is 0 Å². The zero-order chi connectivity index (χ0) is 33.7. The van der Waals surface area contributed by atoms with Gasteiger partial charge in [-0.1, -0.05) is 80.9 Å². The highest BCUT2D eigenvalue weighted by atomic mass is 16.6. The molecule has 8 heteroatoms. The van der Waals surface area contributed by atoms with Crippen molar-refractivity contribution in [3.05, 3.63) is 120 Å². The van der Waals surface area contributed by atoms with Gasteiger partial charge in [-0.25, -0.2) is 19.6 Å². The molecule has 7 rings (SSSR count). The highest BCUT2D eigenvalue weighted by Gasteiger charge is 2.50. The fourth-order valence-electron chi connectivity index (χ4n) is 5.69. The summed E-state index contributed by atoms with van der Waals surface area (Å²) in [4.78, 5) is 36.4. The van der Waals surface area contributed by atoms with Crippen LogP contribution in [0, 0.1) is 29.1 Å². The Morgan fingerprint density at radius 3 is 1.75 bits per heavy atom. The molecule has 2 amide bonds. The standard InChI is InChI=1S/C21H22N2O2.C19H16N2O2/c1-20(2,3)21(4)15-23(19(24)25-21)18-13-12-17(14-22-18)11-10-16-8-6-5-7-9-16;22-19-21(16-7-4-8-17(16)23-19)18-12-11-15(13-20-18)10-9-14-5-2-1-3-6-14/h5-9,12-14H,15H2,1-4H3;1-3,5-6,11-13,16-17H,4,7-8H2. The summed E-state index contributed by atoms with van der Waals surface area (Å²) in [6, 6.07) is 27.2. The molecule has 4 aromatic rings. The number of nitrogens with zero attached hydrogens (tertiary/aromatic N) is 4. The number of carbonyl (C=O) groups excluding carboxylic acids is 2. The predicted molar refractivity (Wildman–Crippen MR) is 185 cm³/mol. The average Bonchev–Trinajstić information content (AvgIpc) is 3.77. The van der Waals surface area contributed by atoms with Crippen molar-refractivity contribution in [3.63, 3.8) is 0 Å². The summed E-state index contributed by atoms with van der Waals surface area (Å²) in [6.45, 7) is 8.65. The SMILES string of the molecule is CC(C)(C)C1(C)CN(c2ccc(C#Cc3ccccc3)cn2)C(=O)O1.O=C1OC2CCCC2N1c1ccc(C#Cc2ccccc2)cn1. The molecule has 3 atom stereocenters. The molecule has 0 bridgehead atoms. The first-order chi connectivity index (χ1) is 23.1. The lowest BCUT2D eigenvalue weighted by atomic mass is 9.78. The van der Waals surface area contributed by atoms with Crippen LogP contribution in [0.5, 0.6) is 0 Å². The number of ether oxygens (including phenoxy) is 2. The number of amides is 2. The van der Waals surface area contributed by atoms with Crippen molar-refractivity contribution in [2.75, 3.05) is 16.3 Å². The fraction of sp³-hybridized carbons (Fsp3) is 0.300. The maximum absolute atomic E-state index is 12.3. The number of anilines is 2. The molecule has 1 aliphatic carbocycles.